The molecule has 0 amide bonds. The molecule has 7 nitrogen and oxygen atoms in total. The molecule has 0 aliphatic heterocycles. The van der Waals surface area contributed by atoms with Crippen LogP contribution in [0.15, 0.2) is 23.2 Å². The molecule has 0 spiro atoms. The molecule has 0 bridgehead atoms. The molecule has 2 N–H and O–H groups in total. The van der Waals surface area contributed by atoms with Crippen molar-refractivity contribution in [3.63, 3.8) is 0 Å². The lowest BCUT2D eigenvalue weighted by Crippen LogP contribution is -2.47. The zero-order valence-electron chi connectivity index (χ0n) is 18.7. The summed E-state index contributed by atoms with van der Waals surface area (Å²) in [5.74, 6) is 2.03. The van der Waals surface area contributed by atoms with Gasteiger partial charge in [-0.3, -0.25) is 0 Å². The number of rotatable bonds is 9. The van der Waals surface area contributed by atoms with Crippen LogP contribution in [0.25, 0.3) is 0 Å². The fraction of sp³-hybridized carbons (Fsp3) is 0.667. The molecule has 0 atom stereocenters. The molecule has 0 saturated heterocycles. The Morgan fingerprint density at radius 3 is 2.47 bits per heavy atom. The van der Waals surface area contributed by atoms with Gasteiger partial charge in [-0.05, 0) is 52.5 Å². The van der Waals surface area contributed by atoms with Crippen LogP contribution in [0.1, 0.15) is 52.0 Å². The molecule has 172 valence electrons. The monoisotopic (exact) mass is 553 g/mol. The molecule has 9 heteroatoms. The van der Waals surface area contributed by atoms with Crippen molar-refractivity contribution in [3.8, 4) is 11.5 Å². The van der Waals surface area contributed by atoms with E-state index in [4.69, 9.17) is 9.47 Å². The van der Waals surface area contributed by atoms with Crippen molar-refractivity contribution in [1.29, 1.82) is 0 Å². The number of benzene rings is 1. The van der Waals surface area contributed by atoms with Crippen molar-refractivity contribution in [1.82, 2.24) is 10.6 Å². The van der Waals surface area contributed by atoms with E-state index in [0.29, 0.717) is 24.8 Å². The van der Waals surface area contributed by atoms with Gasteiger partial charge in [0.25, 0.3) is 0 Å². The smallest absolute Gasteiger partial charge is 0.191 e. The number of para-hydroxylation sites is 1. The highest BCUT2D eigenvalue weighted by molar-refractivity contribution is 14.0. The highest BCUT2D eigenvalue weighted by Crippen LogP contribution is 2.35. The number of aliphatic imine (C=N–C) groups is 1. The average Bonchev–Trinajstić information content (AvgIpc) is 3.17. The molecule has 30 heavy (non-hydrogen) atoms. The Labute approximate surface area is 198 Å². The van der Waals surface area contributed by atoms with Crippen LogP contribution in [0.5, 0.6) is 11.5 Å². The summed E-state index contributed by atoms with van der Waals surface area (Å²) in [4.78, 5) is 4.64. The molecule has 1 saturated carbocycles. The Hall–Kier alpha value is -1.23. The van der Waals surface area contributed by atoms with Gasteiger partial charge in [0.15, 0.2) is 27.3 Å². The van der Waals surface area contributed by atoms with Gasteiger partial charge in [-0.1, -0.05) is 12.1 Å². The van der Waals surface area contributed by atoms with Gasteiger partial charge in [0.1, 0.15) is 0 Å². The molecule has 0 aromatic heterocycles. The van der Waals surface area contributed by atoms with E-state index in [-0.39, 0.29) is 36.6 Å². The lowest BCUT2D eigenvalue weighted by atomic mass is 10.1. The van der Waals surface area contributed by atoms with Crippen LogP contribution >= 0.6 is 24.0 Å². The van der Waals surface area contributed by atoms with Crippen LogP contribution < -0.4 is 20.1 Å². The van der Waals surface area contributed by atoms with Gasteiger partial charge in [-0.25, -0.2) is 13.4 Å². The first-order valence-electron chi connectivity index (χ1n) is 10.2. The van der Waals surface area contributed by atoms with E-state index in [1.165, 1.54) is 19.1 Å². The summed E-state index contributed by atoms with van der Waals surface area (Å²) in [5.41, 5.74) is 0.941. The van der Waals surface area contributed by atoms with Crippen LogP contribution in [0.2, 0.25) is 0 Å². The number of nitrogens with one attached hydrogen (secondary N) is 2. The van der Waals surface area contributed by atoms with E-state index in [1.807, 2.05) is 25.1 Å². The molecule has 0 unspecified atom stereocenters. The maximum atomic E-state index is 12.0. The lowest BCUT2D eigenvalue weighted by Gasteiger charge is -2.24. The molecule has 1 aliphatic rings. The van der Waals surface area contributed by atoms with Crippen molar-refractivity contribution in [2.75, 3.05) is 26.5 Å². The zero-order valence-corrected chi connectivity index (χ0v) is 21.8. The molecule has 2 rings (SSSR count). The Morgan fingerprint density at radius 1 is 1.23 bits per heavy atom. The van der Waals surface area contributed by atoms with Gasteiger partial charge in [-0.15, -0.1) is 24.0 Å². The highest BCUT2D eigenvalue weighted by atomic mass is 127. The maximum absolute atomic E-state index is 12.0. The molecule has 1 aromatic rings. The third-order valence-corrected chi connectivity index (χ3v) is 7.46. The number of nitrogens with zero attached hydrogens (tertiary/aromatic N) is 1. The number of ether oxygens (including phenoxy) is 2. The van der Waals surface area contributed by atoms with Crippen molar-refractivity contribution >= 4 is 39.8 Å². The Morgan fingerprint density at radius 2 is 1.90 bits per heavy atom. The normalized spacial score (nSPS) is 15.4. The first kappa shape index (κ1) is 26.8. The van der Waals surface area contributed by atoms with Crippen LogP contribution in [0.3, 0.4) is 0 Å². The standard InChI is InChI=1S/C21H35N3O4S.HI/c1-6-22-20(24-15-21(2,3)29(5,25)26)23-14-16-10-9-13-18(27-4)19(16)28-17-11-7-8-12-17;/h9-10,13,17H,6-8,11-12,14-15H2,1-5H3,(H2,22,23,24);1H. The second-order valence-corrected chi connectivity index (χ2v) is 10.7. The average molecular weight is 554 g/mol. The Kier molecular flexibility index (Phi) is 10.7. The van der Waals surface area contributed by atoms with E-state index in [0.717, 1.165) is 24.2 Å². The lowest BCUT2D eigenvalue weighted by molar-refractivity contribution is 0.198. The first-order chi connectivity index (χ1) is 13.7. The minimum atomic E-state index is -3.19. The third kappa shape index (κ3) is 7.47. The second kappa shape index (κ2) is 12.0. The van der Waals surface area contributed by atoms with E-state index < -0.39 is 14.6 Å². The van der Waals surface area contributed by atoms with Gasteiger partial charge in [-0.2, -0.15) is 0 Å². The summed E-state index contributed by atoms with van der Waals surface area (Å²) >= 11 is 0. The summed E-state index contributed by atoms with van der Waals surface area (Å²) < 4.78 is 34.8. The minimum absolute atomic E-state index is 0. The number of sulfone groups is 1. The summed E-state index contributed by atoms with van der Waals surface area (Å²) in [6.07, 6.45) is 5.98. The van der Waals surface area contributed by atoms with Gasteiger partial charge in [0.2, 0.25) is 0 Å². The van der Waals surface area contributed by atoms with Crippen molar-refractivity contribution in [3.05, 3.63) is 23.8 Å². The van der Waals surface area contributed by atoms with E-state index in [2.05, 4.69) is 15.6 Å². The van der Waals surface area contributed by atoms with E-state index in [9.17, 15) is 8.42 Å². The summed E-state index contributed by atoms with van der Waals surface area (Å²) in [6, 6.07) is 5.81. The van der Waals surface area contributed by atoms with Crippen molar-refractivity contribution < 1.29 is 17.9 Å². The SMILES string of the molecule is CCNC(=NCc1cccc(OC)c1OC1CCCC1)NCC(C)(C)S(C)(=O)=O.I. The van der Waals surface area contributed by atoms with Crippen LogP contribution in [0.4, 0.5) is 0 Å². The van der Waals surface area contributed by atoms with Crippen LogP contribution in [0, 0.1) is 0 Å². The maximum Gasteiger partial charge on any atom is 0.191 e. The molecule has 1 aromatic carbocycles. The molecule has 0 heterocycles. The molecule has 0 radical (unpaired) electrons. The van der Waals surface area contributed by atoms with Gasteiger partial charge >= 0.3 is 0 Å². The third-order valence-electron chi connectivity index (χ3n) is 5.30. The van der Waals surface area contributed by atoms with Gasteiger partial charge in [0.05, 0.1) is 24.5 Å². The van der Waals surface area contributed by atoms with Crippen LogP contribution in [-0.2, 0) is 16.4 Å². The van der Waals surface area contributed by atoms with Gasteiger partial charge in [0, 0.05) is 24.9 Å². The molecular weight excluding hydrogens is 517 g/mol. The number of hydrogen-bond donors (Lipinski definition) is 2. The minimum Gasteiger partial charge on any atom is -0.493 e. The van der Waals surface area contributed by atoms with E-state index in [1.54, 1.807) is 21.0 Å². The Balaban J connectivity index is 0.00000450. The summed E-state index contributed by atoms with van der Waals surface area (Å²) in [6.45, 7) is 6.71. The zero-order chi connectivity index (χ0) is 21.5. The van der Waals surface area contributed by atoms with Gasteiger partial charge < -0.3 is 20.1 Å². The number of hydrogen-bond acceptors (Lipinski definition) is 5. The first-order valence-corrected chi connectivity index (χ1v) is 12.1. The highest BCUT2D eigenvalue weighted by Gasteiger charge is 2.30. The molecule has 1 fully saturated rings. The predicted octanol–water partition coefficient (Wildman–Crippen LogP) is 3.51. The number of halogens is 1. The Bertz CT molecular complexity index is 806. The van der Waals surface area contributed by atoms with E-state index >= 15 is 0 Å². The summed E-state index contributed by atoms with van der Waals surface area (Å²) in [5, 5.41) is 6.32. The fourth-order valence-corrected chi connectivity index (χ4v) is 3.42. The molecular formula is C21H36IN3O4S. The summed E-state index contributed by atoms with van der Waals surface area (Å²) in [7, 11) is -1.55. The van der Waals surface area contributed by atoms with Crippen molar-refractivity contribution in [2.45, 2.75) is 63.9 Å². The molecule has 1 aliphatic carbocycles. The topological polar surface area (TPSA) is 89.0 Å². The number of guanidine groups is 1. The quantitative estimate of drug-likeness (QED) is 0.277. The second-order valence-electron chi connectivity index (χ2n) is 8.05. The van der Waals surface area contributed by atoms with Crippen LogP contribution in [-0.4, -0.2) is 51.7 Å². The fourth-order valence-electron chi connectivity index (χ4n) is 3.09. The number of methoxy groups -OCH3 is 1. The largest absolute Gasteiger partial charge is 0.493 e. The predicted molar refractivity (Wildman–Crippen MR) is 133 cm³/mol. The van der Waals surface area contributed by atoms with Crippen molar-refractivity contribution in [2.24, 2.45) is 4.99 Å².